The fourth-order valence-electron chi connectivity index (χ4n) is 2.01. The standard InChI is InChI=1S/C18H19O6P/c19-18(17-11-12-17)23-24-25(20,21-13-15-7-3-1-4-8-15)22-14-16-9-5-2-6-10-16/h1-10,17H,11-14H2. The SMILES string of the molecule is O=C(OOP(=O)(OCc1ccccc1)OCc1ccccc1)C1CC1. The Morgan fingerprint density at radius 2 is 1.36 bits per heavy atom. The molecule has 2 aromatic carbocycles. The first kappa shape index (κ1) is 17.8. The zero-order chi connectivity index (χ0) is 17.5. The maximum Gasteiger partial charge on any atom is 0.511 e. The fourth-order valence-corrected chi connectivity index (χ4v) is 2.95. The summed E-state index contributed by atoms with van der Waals surface area (Å²) in [5, 5.41) is 0. The van der Waals surface area contributed by atoms with Gasteiger partial charge < -0.3 is 0 Å². The van der Waals surface area contributed by atoms with Crippen molar-refractivity contribution in [3.05, 3.63) is 71.8 Å². The average molecular weight is 362 g/mol. The molecule has 0 aromatic heterocycles. The minimum Gasteiger partial charge on any atom is -0.287 e. The van der Waals surface area contributed by atoms with E-state index in [2.05, 4.69) is 4.89 Å². The second kappa shape index (κ2) is 8.41. The van der Waals surface area contributed by atoms with Crippen molar-refractivity contribution in [3.63, 3.8) is 0 Å². The lowest BCUT2D eigenvalue weighted by molar-refractivity contribution is -0.227. The summed E-state index contributed by atoms with van der Waals surface area (Å²) in [4.78, 5) is 16.3. The molecule has 0 unspecified atom stereocenters. The lowest BCUT2D eigenvalue weighted by atomic mass is 10.2. The van der Waals surface area contributed by atoms with E-state index >= 15 is 0 Å². The van der Waals surface area contributed by atoms with E-state index in [4.69, 9.17) is 13.7 Å². The van der Waals surface area contributed by atoms with Crippen LogP contribution in [0, 0.1) is 5.92 Å². The largest absolute Gasteiger partial charge is 0.511 e. The Morgan fingerprint density at radius 1 is 0.880 bits per heavy atom. The highest BCUT2D eigenvalue weighted by molar-refractivity contribution is 7.48. The molecule has 0 atom stereocenters. The van der Waals surface area contributed by atoms with E-state index in [-0.39, 0.29) is 19.1 Å². The van der Waals surface area contributed by atoms with Crippen molar-refractivity contribution in [2.45, 2.75) is 26.1 Å². The molecule has 132 valence electrons. The van der Waals surface area contributed by atoms with Gasteiger partial charge in [-0.05, 0) is 24.0 Å². The smallest absolute Gasteiger partial charge is 0.287 e. The topological polar surface area (TPSA) is 71.1 Å². The van der Waals surface area contributed by atoms with Crippen molar-refractivity contribution in [1.82, 2.24) is 0 Å². The van der Waals surface area contributed by atoms with Crippen LogP contribution in [-0.2, 0) is 41.2 Å². The van der Waals surface area contributed by atoms with Crippen molar-refractivity contribution in [2.75, 3.05) is 0 Å². The van der Waals surface area contributed by atoms with Gasteiger partial charge in [0.2, 0.25) is 0 Å². The molecular weight excluding hydrogens is 343 g/mol. The molecule has 3 rings (SSSR count). The van der Waals surface area contributed by atoms with E-state index in [1.54, 1.807) is 0 Å². The first-order chi connectivity index (χ1) is 12.1. The average Bonchev–Trinajstić information content (AvgIpc) is 3.50. The first-order valence-electron chi connectivity index (χ1n) is 8.02. The minimum atomic E-state index is -4.06. The predicted molar refractivity (Wildman–Crippen MR) is 90.0 cm³/mol. The molecule has 0 radical (unpaired) electrons. The lowest BCUT2D eigenvalue weighted by Gasteiger charge is -2.16. The molecule has 1 aliphatic rings. The lowest BCUT2D eigenvalue weighted by Crippen LogP contribution is -2.09. The summed E-state index contributed by atoms with van der Waals surface area (Å²) in [7, 11) is -4.06. The van der Waals surface area contributed by atoms with Gasteiger partial charge in [-0.3, -0.25) is 13.9 Å². The van der Waals surface area contributed by atoms with Crippen molar-refractivity contribution in [2.24, 2.45) is 5.92 Å². The predicted octanol–water partition coefficient (Wildman–Crippen LogP) is 4.41. The molecule has 0 aliphatic heterocycles. The molecule has 0 saturated heterocycles. The molecule has 6 nitrogen and oxygen atoms in total. The van der Waals surface area contributed by atoms with Crippen LogP contribution in [0.1, 0.15) is 24.0 Å². The van der Waals surface area contributed by atoms with E-state index in [0.717, 1.165) is 24.0 Å². The number of carbonyl (C=O) groups excluding carboxylic acids is 1. The third-order valence-electron chi connectivity index (χ3n) is 3.59. The Balaban J connectivity index is 1.61. The van der Waals surface area contributed by atoms with Gasteiger partial charge >= 0.3 is 13.8 Å². The van der Waals surface area contributed by atoms with E-state index in [1.807, 2.05) is 60.7 Å². The third kappa shape index (κ3) is 5.80. The van der Waals surface area contributed by atoms with Gasteiger partial charge in [-0.2, -0.15) is 0 Å². The van der Waals surface area contributed by atoms with Crippen molar-refractivity contribution in [3.8, 4) is 0 Å². The van der Waals surface area contributed by atoms with Crippen molar-refractivity contribution in [1.29, 1.82) is 0 Å². The van der Waals surface area contributed by atoms with Gasteiger partial charge in [-0.25, -0.2) is 9.36 Å². The summed E-state index contributed by atoms with van der Waals surface area (Å²) in [6.07, 6.45) is 1.50. The van der Waals surface area contributed by atoms with Gasteiger partial charge in [-0.1, -0.05) is 65.3 Å². The van der Waals surface area contributed by atoms with Gasteiger partial charge in [0.25, 0.3) is 0 Å². The molecule has 1 aliphatic carbocycles. The van der Waals surface area contributed by atoms with Gasteiger partial charge in [0.05, 0.1) is 19.1 Å². The Labute approximate surface area is 146 Å². The van der Waals surface area contributed by atoms with Crippen molar-refractivity contribution < 1.29 is 28.0 Å². The molecule has 0 bridgehead atoms. The summed E-state index contributed by atoms with van der Waals surface area (Å²) in [6.45, 7) is 0.0156. The molecule has 0 spiro atoms. The molecule has 0 heterocycles. The van der Waals surface area contributed by atoms with Crippen LogP contribution in [-0.4, -0.2) is 5.97 Å². The van der Waals surface area contributed by atoms with E-state index in [0.29, 0.717) is 0 Å². The number of hydrogen-bond donors (Lipinski definition) is 0. The van der Waals surface area contributed by atoms with Gasteiger partial charge in [0.15, 0.2) is 0 Å². The Hall–Kier alpha value is -1.98. The van der Waals surface area contributed by atoms with Crippen LogP contribution >= 0.6 is 7.82 Å². The molecule has 2 aromatic rings. The highest BCUT2D eigenvalue weighted by atomic mass is 31.2. The fraction of sp³-hybridized carbons (Fsp3) is 0.278. The van der Waals surface area contributed by atoms with Crippen LogP contribution in [0.5, 0.6) is 0 Å². The maximum absolute atomic E-state index is 12.8. The number of phosphoric acid groups is 1. The second-order valence-corrected chi connectivity index (χ2v) is 7.28. The van der Waals surface area contributed by atoms with Crippen LogP contribution in [0.3, 0.4) is 0 Å². The summed E-state index contributed by atoms with van der Waals surface area (Å²) >= 11 is 0. The van der Waals surface area contributed by atoms with Gasteiger partial charge in [0.1, 0.15) is 0 Å². The zero-order valence-corrected chi connectivity index (χ0v) is 14.5. The van der Waals surface area contributed by atoms with Crippen molar-refractivity contribution >= 4 is 13.8 Å². The first-order valence-corrected chi connectivity index (χ1v) is 9.48. The Morgan fingerprint density at radius 3 is 1.80 bits per heavy atom. The van der Waals surface area contributed by atoms with Crippen LogP contribution in [0.2, 0.25) is 0 Å². The number of hydrogen-bond acceptors (Lipinski definition) is 6. The third-order valence-corrected chi connectivity index (χ3v) is 4.73. The molecule has 25 heavy (non-hydrogen) atoms. The number of carbonyl (C=O) groups is 1. The Bertz CT molecular complexity index is 682. The summed E-state index contributed by atoms with van der Waals surface area (Å²) < 4.78 is 28.2. The quantitative estimate of drug-likeness (QED) is 0.374. The molecule has 1 saturated carbocycles. The molecule has 0 N–H and O–H groups in total. The van der Waals surface area contributed by atoms with Crippen LogP contribution < -0.4 is 0 Å². The highest BCUT2D eigenvalue weighted by Crippen LogP contribution is 2.51. The van der Waals surface area contributed by atoms with Gasteiger partial charge in [0, 0.05) is 0 Å². The van der Waals surface area contributed by atoms with E-state index in [1.165, 1.54) is 0 Å². The molecule has 7 heteroatoms. The zero-order valence-electron chi connectivity index (χ0n) is 13.6. The Kier molecular flexibility index (Phi) is 6.00. The van der Waals surface area contributed by atoms with E-state index in [9.17, 15) is 9.36 Å². The molecular formula is C18H19O6P. The molecule has 1 fully saturated rings. The molecule has 0 amide bonds. The summed E-state index contributed by atoms with van der Waals surface area (Å²) in [6, 6.07) is 18.3. The monoisotopic (exact) mass is 362 g/mol. The number of phosphoric ester groups is 1. The van der Waals surface area contributed by atoms with Crippen LogP contribution in [0.15, 0.2) is 60.7 Å². The second-order valence-electron chi connectivity index (χ2n) is 5.72. The number of rotatable bonds is 9. The minimum absolute atomic E-state index is 0.00782. The maximum atomic E-state index is 12.8. The van der Waals surface area contributed by atoms with Crippen LogP contribution in [0.25, 0.3) is 0 Å². The summed E-state index contributed by atoms with van der Waals surface area (Å²) in [5.74, 6) is -0.733. The van der Waals surface area contributed by atoms with Crippen LogP contribution in [0.4, 0.5) is 0 Å². The normalized spacial score (nSPS) is 14.2. The van der Waals surface area contributed by atoms with E-state index < -0.39 is 13.8 Å². The van der Waals surface area contributed by atoms with Gasteiger partial charge in [-0.15, -0.1) is 0 Å². The summed E-state index contributed by atoms with van der Waals surface area (Å²) in [5.41, 5.74) is 1.59. The number of benzene rings is 2. The highest BCUT2D eigenvalue weighted by Gasteiger charge is 2.36.